The van der Waals surface area contributed by atoms with Gasteiger partial charge in [0.15, 0.2) is 5.16 Å². The van der Waals surface area contributed by atoms with Crippen LogP contribution in [-0.4, -0.2) is 16.7 Å². The number of hydrogen-bond donors (Lipinski definition) is 0. The summed E-state index contributed by atoms with van der Waals surface area (Å²) >= 11 is 1.60. The van der Waals surface area contributed by atoms with E-state index >= 15 is 0 Å². The molecule has 0 amide bonds. The van der Waals surface area contributed by atoms with Crippen molar-refractivity contribution in [2.45, 2.75) is 43.6 Å². The van der Waals surface area contributed by atoms with Gasteiger partial charge in [-0.2, -0.15) is 0 Å². The van der Waals surface area contributed by atoms with Gasteiger partial charge in [-0.25, -0.2) is 4.98 Å². The van der Waals surface area contributed by atoms with E-state index in [1.165, 1.54) is 11.1 Å². The standard InChI is InChI=1S/C27H28N2O2S/c1-27(2,3)21-13-9-20(10-14-21)18-32-26-28-24-8-6-5-7-23(24)25(30)29(26)17-19-11-15-22(31-4)16-12-19/h5-16H,17-18H2,1-4H3. The quantitative estimate of drug-likeness (QED) is 0.268. The Labute approximate surface area is 193 Å². The van der Waals surface area contributed by atoms with Gasteiger partial charge in [-0.05, 0) is 46.4 Å². The van der Waals surface area contributed by atoms with Crippen LogP contribution >= 0.6 is 11.8 Å². The van der Waals surface area contributed by atoms with Crippen LogP contribution in [0.5, 0.6) is 5.75 Å². The lowest BCUT2D eigenvalue weighted by Gasteiger charge is -2.19. The van der Waals surface area contributed by atoms with Crippen LogP contribution in [0.3, 0.4) is 0 Å². The third-order valence-corrected chi connectivity index (χ3v) is 6.56. The van der Waals surface area contributed by atoms with Gasteiger partial charge in [0.05, 0.1) is 24.6 Å². The van der Waals surface area contributed by atoms with Crippen molar-refractivity contribution in [1.29, 1.82) is 0 Å². The van der Waals surface area contributed by atoms with E-state index in [4.69, 9.17) is 9.72 Å². The van der Waals surface area contributed by atoms with Gasteiger partial charge in [-0.1, -0.05) is 81.1 Å². The summed E-state index contributed by atoms with van der Waals surface area (Å²) in [5.41, 5.74) is 4.39. The van der Waals surface area contributed by atoms with Crippen LogP contribution in [0.1, 0.15) is 37.5 Å². The summed E-state index contributed by atoms with van der Waals surface area (Å²) in [6.07, 6.45) is 0. The van der Waals surface area contributed by atoms with E-state index in [0.717, 1.165) is 27.7 Å². The highest BCUT2D eigenvalue weighted by Crippen LogP contribution is 2.26. The molecule has 5 heteroatoms. The topological polar surface area (TPSA) is 44.1 Å². The highest BCUT2D eigenvalue weighted by atomic mass is 32.2. The lowest BCUT2D eigenvalue weighted by Crippen LogP contribution is -2.24. The average Bonchev–Trinajstić information content (AvgIpc) is 2.80. The number of hydrogen-bond acceptors (Lipinski definition) is 4. The number of benzene rings is 3. The third-order valence-electron chi connectivity index (χ3n) is 5.51. The molecule has 3 aromatic carbocycles. The second kappa shape index (κ2) is 9.21. The van der Waals surface area contributed by atoms with Gasteiger partial charge in [0, 0.05) is 5.75 Å². The van der Waals surface area contributed by atoms with E-state index in [0.29, 0.717) is 11.9 Å². The molecule has 1 aromatic heterocycles. The Morgan fingerprint density at radius 3 is 2.22 bits per heavy atom. The van der Waals surface area contributed by atoms with E-state index in [2.05, 4.69) is 45.0 Å². The zero-order valence-electron chi connectivity index (χ0n) is 19.0. The van der Waals surface area contributed by atoms with Crippen molar-refractivity contribution in [3.8, 4) is 5.75 Å². The largest absolute Gasteiger partial charge is 0.497 e. The van der Waals surface area contributed by atoms with Crippen LogP contribution in [0.2, 0.25) is 0 Å². The Balaban J connectivity index is 1.66. The average molecular weight is 445 g/mol. The Hall–Kier alpha value is -3.05. The minimum absolute atomic E-state index is 0.0167. The molecule has 0 unspecified atom stereocenters. The number of para-hydroxylation sites is 1. The van der Waals surface area contributed by atoms with Crippen LogP contribution in [0, 0.1) is 0 Å². The van der Waals surface area contributed by atoms with E-state index < -0.39 is 0 Å². The highest BCUT2D eigenvalue weighted by Gasteiger charge is 2.14. The molecule has 0 bridgehead atoms. The van der Waals surface area contributed by atoms with E-state index in [1.807, 2.05) is 48.5 Å². The molecule has 164 valence electrons. The number of nitrogens with zero attached hydrogens (tertiary/aromatic N) is 2. The summed E-state index contributed by atoms with van der Waals surface area (Å²) in [5.74, 6) is 1.55. The predicted octanol–water partition coefficient (Wildman–Crippen LogP) is 6.04. The van der Waals surface area contributed by atoms with E-state index in [1.54, 1.807) is 23.4 Å². The Morgan fingerprint density at radius 1 is 0.906 bits per heavy atom. The van der Waals surface area contributed by atoms with Gasteiger partial charge in [0.25, 0.3) is 5.56 Å². The van der Waals surface area contributed by atoms with Gasteiger partial charge < -0.3 is 4.74 Å². The Kier molecular flexibility index (Phi) is 6.38. The first-order valence-corrected chi connectivity index (χ1v) is 11.7. The van der Waals surface area contributed by atoms with Gasteiger partial charge in [-0.3, -0.25) is 9.36 Å². The molecular formula is C27H28N2O2S. The number of fused-ring (bicyclic) bond motifs is 1. The molecule has 4 nitrogen and oxygen atoms in total. The minimum Gasteiger partial charge on any atom is -0.497 e. The van der Waals surface area contributed by atoms with Crippen LogP contribution in [-0.2, 0) is 17.7 Å². The zero-order chi connectivity index (χ0) is 22.7. The summed E-state index contributed by atoms with van der Waals surface area (Å²) in [7, 11) is 1.65. The molecular weight excluding hydrogens is 416 g/mol. The number of ether oxygens (including phenoxy) is 1. The van der Waals surface area contributed by atoms with Crippen molar-refractivity contribution in [1.82, 2.24) is 9.55 Å². The normalized spacial score (nSPS) is 11.6. The Bertz CT molecular complexity index is 1270. The summed E-state index contributed by atoms with van der Waals surface area (Å²) < 4.78 is 7.03. The molecule has 4 aromatic rings. The molecule has 0 saturated heterocycles. The lowest BCUT2D eigenvalue weighted by molar-refractivity contribution is 0.414. The zero-order valence-corrected chi connectivity index (χ0v) is 19.8. The molecule has 0 aliphatic heterocycles. The van der Waals surface area contributed by atoms with Crippen LogP contribution in [0.25, 0.3) is 10.9 Å². The summed E-state index contributed by atoms with van der Waals surface area (Å²) in [6, 6.07) is 24.1. The van der Waals surface area contributed by atoms with Crippen LogP contribution in [0.15, 0.2) is 82.7 Å². The molecule has 0 radical (unpaired) electrons. The maximum absolute atomic E-state index is 13.3. The lowest BCUT2D eigenvalue weighted by atomic mass is 9.87. The maximum Gasteiger partial charge on any atom is 0.262 e. The first kappa shape index (κ1) is 22.2. The van der Waals surface area contributed by atoms with Gasteiger partial charge in [-0.15, -0.1) is 0 Å². The summed E-state index contributed by atoms with van der Waals surface area (Å²) in [5, 5.41) is 1.37. The fraction of sp³-hybridized carbons (Fsp3) is 0.259. The minimum atomic E-state index is -0.0167. The number of rotatable bonds is 6. The molecule has 0 aliphatic carbocycles. The molecule has 0 saturated carbocycles. The molecule has 0 fully saturated rings. The fourth-order valence-electron chi connectivity index (χ4n) is 3.56. The van der Waals surface area contributed by atoms with Crippen molar-refractivity contribution < 1.29 is 4.74 Å². The molecule has 4 rings (SSSR count). The molecule has 0 aliphatic rings. The van der Waals surface area contributed by atoms with Gasteiger partial charge >= 0.3 is 0 Å². The third kappa shape index (κ3) is 4.89. The van der Waals surface area contributed by atoms with Gasteiger partial charge in [0.1, 0.15) is 5.75 Å². The predicted molar refractivity (Wildman–Crippen MR) is 133 cm³/mol. The second-order valence-electron chi connectivity index (χ2n) is 8.89. The Morgan fingerprint density at radius 2 is 1.56 bits per heavy atom. The van der Waals surface area contributed by atoms with Crippen molar-refractivity contribution in [2.24, 2.45) is 0 Å². The highest BCUT2D eigenvalue weighted by molar-refractivity contribution is 7.98. The number of methoxy groups -OCH3 is 1. The maximum atomic E-state index is 13.3. The van der Waals surface area contributed by atoms with E-state index in [-0.39, 0.29) is 11.0 Å². The molecule has 0 N–H and O–H groups in total. The first-order chi connectivity index (χ1) is 15.3. The fourth-order valence-corrected chi connectivity index (χ4v) is 4.51. The SMILES string of the molecule is COc1ccc(Cn2c(SCc3ccc(C(C)(C)C)cc3)nc3ccccc3c2=O)cc1. The monoisotopic (exact) mass is 444 g/mol. The summed E-state index contributed by atoms with van der Waals surface area (Å²) in [6.45, 7) is 7.11. The molecule has 1 heterocycles. The summed E-state index contributed by atoms with van der Waals surface area (Å²) in [4.78, 5) is 18.2. The van der Waals surface area contributed by atoms with Crippen LogP contribution in [0.4, 0.5) is 0 Å². The van der Waals surface area contributed by atoms with Crippen molar-refractivity contribution in [3.05, 3.63) is 99.8 Å². The number of aromatic nitrogens is 2. The molecule has 32 heavy (non-hydrogen) atoms. The van der Waals surface area contributed by atoms with Crippen molar-refractivity contribution >= 4 is 22.7 Å². The molecule has 0 spiro atoms. The number of thioether (sulfide) groups is 1. The smallest absolute Gasteiger partial charge is 0.262 e. The van der Waals surface area contributed by atoms with Crippen LogP contribution < -0.4 is 10.3 Å². The van der Waals surface area contributed by atoms with Gasteiger partial charge in [0.2, 0.25) is 0 Å². The second-order valence-corrected chi connectivity index (χ2v) is 9.83. The van der Waals surface area contributed by atoms with E-state index in [9.17, 15) is 4.79 Å². The molecule has 0 atom stereocenters. The van der Waals surface area contributed by atoms with Crippen molar-refractivity contribution in [3.63, 3.8) is 0 Å². The first-order valence-electron chi connectivity index (χ1n) is 10.7. The van der Waals surface area contributed by atoms with Crippen molar-refractivity contribution in [2.75, 3.05) is 7.11 Å².